The summed E-state index contributed by atoms with van der Waals surface area (Å²) < 4.78 is 33.8. The van der Waals surface area contributed by atoms with Gasteiger partial charge in [0.05, 0.1) is 36.7 Å². The molecule has 0 aliphatic heterocycles. The van der Waals surface area contributed by atoms with Crippen LogP contribution < -0.4 is 10.6 Å². The number of nitrogens with zero attached hydrogens (tertiary/aromatic N) is 6. The van der Waals surface area contributed by atoms with Crippen LogP contribution >= 0.6 is 0 Å². The maximum Gasteiger partial charge on any atom is 0.411 e. The molecular formula is C28H30F2N8O2. The molecule has 10 nitrogen and oxygen atoms in total. The van der Waals surface area contributed by atoms with Crippen LogP contribution in [0.2, 0.25) is 0 Å². The zero-order valence-corrected chi connectivity index (χ0v) is 22.2. The normalized spacial score (nSPS) is 11.6. The van der Waals surface area contributed by atoms with Crippen LogP contribution in [-0.2, 0) is 17.7 Å². The van der Waals surface area contributed by atoms with E-state index in [0.717, 1.165) is 27.7 Å². The van der Waals surface area contributed by atoms with E-state index in [4.69, 9.17) is 4.74 Å². The van der Waals surface area contributed by atoms with Crippen LogP contribution in [0.5, 0.6) is 0 Å². The summed E-state index contributed by atoms with van der Waals surface area (Å²) in [6.07, 6.45) is 2.46. The number of carbonyl (C=O) groups excluding carboxylic acids is 1. The van der Waals surface area contributed by atoms with Gasteiger partial charge < -0.3 is 10.1 Å². The monoisotopic (exact) mass is 548 g/mol. The predicted octanol–water partition coefficient (Wildman–Crippen LogP) is 5.18. The molecule has 40 heavy (non-hydrogen) atoms. The molecule has 0 radical (unpaired) electrons. The molecule has 0 bridgehead atoms. The van der Waals surface area contributed by atoms with E-state index < -0.39 is 12.5 Å². The maximum absolute atomic E-state index is 12.5. The first-order chi connectivity index (χ1) is 19.4. The molecular weight excluding hydrogens is 518 g/mol. The van der Waals surface area contributed by atoms with Crippen LogP contribution in [-0.4, -0.2) is 68.5 Å². The molecule has 3 heterocycles. The molecule has 0 unspecified atom stereocenters. The number of carbonyl (C=O) groups is 1. The third-order valence-electron chi connectivity index (χ3n) is 6.50. The SMILES string of the molecule is CCc1c(NC(=O)OCCN(C)CC(F)F)cn2ncnc(Nc3ccc4c(cnn4Cc4ccccc4)c3)c12. The number of hydrogen-bond acceptors (Lipinski definition) is 7. The second kappa shape index (κ2) is 12.1. The summed E-state index contributed by atoms with van der Waals surface area (Å²) >= 11 is 0. The Hall–Kier alpha value is -4.58. The Labute approximate surface area is 229 Å². The van der Waals surface area contributed by atoms with Gasteiger partial charge >= 0.3 is 6.09 Å². The molecule has 0 saturated heterocycles. The third kappa shape index (κ3) is 6.18. The fourth-order valence-corrected chi connectivity index (χ4v) is 4.58. The van der Waals surface area contributed by atoms with Crippen molar-refractivity contribution in [3.05, 3.63) is 78.4 Å². The minimum atomic E-state index is -2.44. The standard InChI is InChI=1S/C28H30F2N8O2/c1-3-22-23(35-28(39)40-12-11-36(2)17-25(29)30)16-38-26(22)27(31-18-33-38)34-21-9-10-24-20(13-21)14-32-37(24)15-19-7-5-4-6-8-19/h4-10,13-14,16,18,25H,3,11-12,15,17H2,1-2H3,(H,35,39)(H,31,33,34). The van der Waals surface area contributed by atoms with Gasteiger partial charge in [-0.1, -0.05) is 37.3 Å². The van der Waals surface area contributed by atoms with Crippen molar-refractivity contribution in [3.63, 3.8) is 0 Å². The highest BCUT2D eigenvalue weighted by molar-refractivity contribution is 5.91. The molecule has 5 aromatic rings. The molecule has 208 valence electrons. The molecule has 2 N–H and O–H groups in total. The lowest BCUT2D eigenvalue weighted by Crippen LogP contribution is -2.29. The molecule has 0 aliphatic carbocycles. The van der Waals surface area contributed by atoms with E-state index in [1.165, 1.54) is 16.8 Å². The second-order valence-electron chi connectivity index (χ2n) is 9.38. The number of hydrogen-bond donors (Lipinski definition) is 2. The van der Waals surface area contributed by atoms with Gasteiger partial charge in [-0.25, -0.2) is 23.1 Å². The number of benzene rings is 2. The predicted molar refractivity (Wildman–Crippen MR) is 149 cm³/mol. The Kier molecular flexibility index (Phi) is 8.15. The van der Waals surface area contributed by atoms with Gasteiger partial charge in [0.25, 0.3) is 6.43 Å². The minimum Gasteiger partial charge on any atom is -0.448 e. The highest BCUT2D eigenvalue weighted by Gasteiger charge is 2.18. The number of aryl methyl sites for hydroxylation is 1. The fraction of sp³-hybridized carbons (Fsp3) is 0.286. The van der Waals surface area contributed by atoms with Crippen molar-refractivity contribution in [3.8, 4) is 0 Å². The molecule has 0 spiro atoms. The number of rotatable bonds is 11. The average molecular weight is 549 g/mol. The van der Waals surface area contributed by atoms with Crippen molar-refractivity contribution in [2.75, 3.05) is 37.4 Å². The number of halogens is 2. The topological polar surface area (TPSA) is 102 Å². The lowest BCUT2D eigenvalue weighted by atomic mass is 10.2. The van der Waals surface area contributed by atoms with Gasteiger partial charge in [-0.05, 0) is 37.2 Å². The van der Waals surface area contributed by atoms with Crippen LogP contribution in [0.25, 0.3) is 16.4 Å². The first kappa shape index (κ1) is 27.0. The summed E-state index contributed by atoms with van der Waals surface area (Å²) in [6.45, 7) is 2.45. The molecule has 12 heteroatoms. The van der Waals surface area contributed by atoms with E-state index in [1.54, 1.807) is 17.8 Å². The van der Waals surface area contributed by atoms with E-state index in [0.29, 0.717) is 24.5 Å². The van der Waals surface area contributed by atoms with E-state index in [1.807, 2.05) is 54.2 Å². The summed E-state index contributed by atoms with van der Waals surface area (Å²) in [6, 6.07) is 16.2. The molecule has 0 fully saturated rings. The number of fused-ring (bicyclic) bond motifs is 2. The molecule has 3 aromatic heterocycles. The van der Waals surface area contributed by atoms with Gasteiger partial charge in [-0.3, -0.25) is 14.9 Å². The van der Waals surface area contributed by atoms with Crippen molar-refractivity contribution in [2.24, 2.45) is 0 Å². The van der Waals surface area contributed by atoms with Gasteiger partial charge in [0.2, 0.25) is 0 Å². The summed E-state index contributed by atoms with van der Waals surface area (Å²) in [5.41, 5.74) is 5.10. The van der Waals surface area contributed by atoms with Crippen molar-refractivity contribution in [2.45, 2.75) is 26.3 Å². The molecule has 0 aliphatic rings. The summed E-state index contributed by atoms with van der Waals surface area (Å²) in [5.74, 6) is 0.581. The van der Waals surface area contributed by atoms with Gasteiger partial charge in [-0.15, -0.1) is 0 Å². The second-order valence-corrected chi connectivity index (χ2v) is 9.38. The van der Waals surface area contributed by atoms with E-state index in [9.17, 15) is 13.6 Å². The van der Waals surface area contributed by atoms with Gasteiger partial charge in [0.15, 0.2) is 5.82 Å². The number of amides is 1. The van der Waals surface area contributed by atoms with Crippen molar-refractivity contribution in [1.82, 2.24) is 29.3 Å². The van der Waals surface area contributed by atoms with Crippen LogP contribution in [0, 0.1) is 0 Å². The van der Waals surface area contributed by atoms with Crippen molar-refractivity contribution in [1.29, 1.82) is 0 Å². The molecule has 2 aromatic carbocycles. The zero-order valence-electron chi connectivity index (χ0n) is 22.2. The van der Waals surface area contributed by atoms with Crippen molar-refractivity contribution >= 4 is 39.7 Å². The fourth-order valence-electron chi connectivity index (χ4n) is 4.58. The maximum atomic E-state index is 12.5. The smallest absolute Gasteiger partial charge is 0.411 e. The summed E-state index contributed by atoms with van der Waals surface area (Å²) in [4.78, 5) is 18.3. The van der Waals surface area contributed by atoms with E-state index in [2.05, 4.69) is 37.9 Å². The van der Waals surface area contributed by atoms with Crippen LogP contribution in [0.15, 0.2) is 67.3 Å². The van der Waals surface area contributed by atoms with E-state index in [-0.39, 0.29) is 19.7 Å². The highest BCUT2D eigenvalue weighted by Crippen LogP contribution is 2.30. The first-order valence-electron chi connectivity index (χ1n) is 12.9. The van der Waals surface area contributed by atoms with Crippen molar-refractivity contribution < 1.29 is 18.3 Å². The average Bonchev–Trinajstić information content (AvgIpc) is 3.49. The number of likely N-dealkylation sites (N-methyl/N-ethyl adjacent to an activating group) is 1. The Bertz CT molecular complexity index is 1600. The van der Waals surface area contributed by atoms with Gasteiger partial charge in [0, 0.05) is 23.2 Å². The number of anilines is 3. The largest absolute Gasteiger partial charge is 0.448 e. The number of aromatic nitrogens is 5. The van der Waals surface area contributed by atoms with E-state index >= 15 is 0 Å². The Morgan fingerprint density at radius 3 is 2.75 bits per heavy atom. The zero-order chi connectivity index (χ0) is 28.1. The van der Waals surface area contributed by atoms with Crippen LogP contribution in [0.3, 0.4) is 0 Å². The quantitative estimate of drug-likeness (QED) is 0.235. The molecule has 0 saturated carbocycles. The number of nitrogens with one attached hydrogen (secondary N) is 2. The lowest BCUT2D eigenvalue weighted by Gasteiger charge is -2.15. The summed E-state index contributed by atoms with van der Waals surface area (Å²) in [7, 11) is 1.55. The number of alkyl halides is 2. The Morgan fingerprint density at radius 1 is 1.15 bits per heavy atom. The Balaban J connectivity index is 1.31. The molecule has 5 rings (SSSR count). The van der Waals surface area contributed by atoms with Crippen LogP contribution in [0.1, 0.15) is 18.1 Å². The van der Waals surface area contributed by atoms with Gasteiger partial charge in [-0.2, -0.15) is 10.2 Å². The van der Waals surface area contributed by atoms with Crippen LogP contribution in [0.4, 0.5) is 30.8 Å². The molecule has 1 amide bonds. The molecule has 0 atom stereocenters. The first-order valence-corrected chi connectivity index (χ1v) is 12.9. The number of ether oxygens (including phenoxy) is 1. The minimum absolute atomic E-state index is 0.0130. The highest BCUT2D eigenvalue weighted by atomic mass is 19.3. The lowest BCUT2D eigenvalue weighted by molar-refractivity contribution is 0.0869. The van der Waals surface area contributed by atoms with Gasteiger partial charge in [0.1, 0.15) is 18.5 Å². The Morgan fingerprint density at radius 2 is 1.98 bits per heavy atom. The third-order valence-corrected chi connectivity index (χ3v) is 6.50. The summed E-state index contributed by atoms with van der Waals surface area (Å²) in [5, 5.41) is 16.0.